The van der Waals surface area contributed by atoms with Crippen LogP contribution in [0.5, 0.6) is 0 Å². The lowest BCUT2D eigenvalue weighted by molar-refractivity contribution is 0.102. The van der Waals surface area contributed by atoms with Gasteiger partial charge in [-0.05, 0) is 42.7 Å². The van der Waals surface area contributed by atoms with Gasteiger partial charge in [0.1, 0.15) is 10.8 Å². The predicted molar refractivity (Wildman–Crippen MR) is 91.1 cm³/mol. The van der Waals surface area contributed by atoms with Crippen molar-refractivity contribution < 1.29 is 4.79 Å². The first-order valence-electron chi connectivity index (χ1n) is 6.91. The highest BCUT2D eigenvalue weighted by Crippen LogP contribution is 2.16. The van der Waals surface area contributed by atoms with E-state index in [9.17, 15) is 4.79 Å². The van der Waals surface area contributed by atoms with Crippen LogP contribution in [-0.2, 0) is 6.42 Å². The first-order valence-corrected chi connectivity index (χ1v) is 8.10. The van der Waals surface area contributed by atoms with Gasteiger partial charge in [-0.15, -0.1) is 10.2 Å². The van der Waals surface area contributed by atoms with Crippen LogP contribution in [0.15, 0.2) is 42.6 Å². The lowest BCUT2D eigenvalue weighted by atomic mass is 10.1. The normalized spacial score (nSPS) is 10.5. The average Bonchev–Trinajstić information content (AvgIpc) is 2.96. The van der Waals surface area contributed by atoms with Crippen molar-refractivity contribution in [3.63, 3.8) is 0 Å². The van der Waals surface area contributed by atoms with Gasteiger partial charge in [-0.3, -0.25) is 4.79 Å². The van der Waals surface area contributed by atoms with Crippen molar-refractivity contribution in [1.29, 1.82) is 0 Å². The molecule has 0 fully saturated rings. The molecule has 7 heteroatoms. The number of aryl methyl sites for hydroxylation is 1. The summed E-state index contributed by atoms with van der Waals surface area (Å²) in [6, 6.07) is 11.4. The van der Waals surface area contributed by atoms with Crippen LogP contribution in [0.25, 0.3) is 0 Å². The zero-order chi connectivity index (χ0) is 16.2. The number of amides is 1. The van der Waals surface area contributed by atoms with E-state index in [1.807, 2.05) is 30.3 Å². The number of hydrogen-bond donors (Lipinski definition) is 1. The van der Waals surface area contributed by atoms with E-state index in [-0.39, 0.29) is 5.91 Å². The SMILES string of the molecule is Cc1nnc(C(=O)Nc2ccc(Cc3cccc(Cl)c3)cn2)s1. The molecule has 1 N–H and O–H groups in total. The van der Waals surface area contributed by atoms with Crippen molar-refractivity contribution in [3.8, 4) is 0 Å². The van der Waals surface area contributed by atoms with Crippen LogP contribution in [0.4, 0.5) is 5.82 Å². The fourth-order valence-corrected chi connectivity index (χ4v) is 2.84. The smallest absolute Gasteiger partial charge is 0.287 e. The van der Waals surface area contributed by atoms with Gasteiger partial charge in [-0.2, -0.15) is 0 Å². The predicted octanol–water partition coefficient (Wildman–Crippen LogP) is 3.74. The fourth-order valence-electron chi connectivity index (χ4n) is 2.04. The van der Waals surface area contributed by atoms with E-state index in [4.69, 9.17) is 11.6 Å². The van der Waals surface area contributed by atoms with Gasteiger partial charge < -0.3 is 5.32 Å². The third-order valence-electron chi connectivity index (χ3n) is 3.08. The molecular weight excluding hydrogens is 332 g/mol. The van der Waals surface area contributed by atoms with Gasteiger partial charge >= 0.3 is 0 Å². The highest BCUT2D eigenvalue weighted by atomic mass is 35.5. The van der Waals surface area contributed by atoms with Crippen LogP contribution < -0.4 is 5.32 Å². The summed E-state index contributed by atoms with van der Waals surface area (Å²) in [6.07, 6.45) is 2.47. The largest absolute Gasteiger partial charge is 0.304 e. The van der Waals surface area contributed by atoms with Crippen molar-refractivity contribution in [2.45, 2.75) is 13.3 Å². The summed E-state index contributed by atoms with van der Waals surface area (Å²) in [7, 11) is 0. The van der Waals surface area contributed by atoms with Crippen LogP contribution in [0.3, 0.4) is 0 Å². The Balaban J connectivity index is 1.66. The van der Waals surface area contributed by atoms with Crippen molar-refractivity contribution >= 4 is 34.7 Å². The maximum Gasteiger partial charge on any atom is 0.287 e. The highest BCUT2D eigenvalue weighted by Gasteiger charge is 2.11. The molecule has 1 amide bonds. The number of carbonyl (C=O) groups excluding carboxylic acids is 1. The third kappa shape index (κ3) is 4.12. The number of benzene rings is 1. The van der Waals surface area contributed by atoms with E-state index in [0.717, 1.165) is 22.6 Å². The quantitative estimate of drug-likeness (QED) is 0.782. The monoisotopic (exact) mass is 344 g/mol. The Morgan fingerprint density at radius 2 is 2.09 bits per heavy atom. The second-order valence-corrected chi connectivity index (χ2v) is 6.56. The molecule has 116 valence electrons. The van der Waals surface area contributed by atoms with Gasteiger partial charge in [0, 0.05) is 11.2 Å². The second kappa shape index (κ2) is 6.85. The number of carbonyl (C=O) groups is 1. The lowest BCUT2D eigenvalue weighted by Crippen LogP contribution is -2.12. The molecule has 1 aromatic carbocycles. The minimum Gasteiger partial charge on any atom is -0.304 e. The molecule has 0 saturated heterocycles. The van der Waals surface area contributed by atoms with E-state index in [1.54, 1.807) is 19.2 Å². The highest BCUT2D eigenvalue weighted by molar-refractivity contribution is 7.13. The van der Waals surface area contributed by atoms with E-state index in [2.05, 4.69) is 20.5 Å². The Morgan fingerprint density at radius 1 is 1.22 bits per heavy atom. The number of anilines is 1. The molecule has 0 atom stereocenters. The Kier molecular flexibility index (Phi) is 4.64. The Morgan fingerprint density at radius 3 is 2.74 bits per heavy atom. The Hall–Kier alpha value is -2.31. The van der Waals surface area contributed by atoms with Gasteiger partial charge in [-0.1, -0.05) is 41.1 Å². The molecule has 0 unspecified atom stereocenters. The summed E-state index contributed by atoms with van der Waals surface area (Å²) in [5, 5.41) is 12.1. The van der Waals surface area contributed by atoms with Gasteiger partial charge in [0.2, 0.25) is 5.01 Å². The summed E-state index contributed by atoms with van der Waals surface area (Å²) in [6.45, 7) is 1.80. The average molecular weight is 345 g/mol. The summed E-state index contributed by atoms with van der Waals surface area (Å²) < 4.78 is 0. The van der Waals surface area contributed by atoms with E-state index < -0.39 is 0 Å². The molecule has 3 aromatic rings. The van der Waals surface area contributed by atoms with Gasteiger partial charge in [-0.25, -0.2) is 4.98 Å². The van der Waals surface area contributed by atoms with Crippen LogP contribution in [0, 0.1) is 6.92 Å². The number of hydrogen-bond acceptors (Lipinski definition) is 5. The molecule has 0 radical (unpaired) electrons. The standard InChI is InChI=1S/C16H13ClN4OS/c1-10-20-21-16(23-10)15(22)19-14-6-5-12(9-18-14)7-11-3-2-4-13(17)8-11/h2-6,8-9H,7H2,1H3,(H,18,19,22). The van der Waals surface area contributed by atoms with Crippen LogP contribution in [0.2, 0.25) is 5.02 Å². The number of pyridine rings is 1. The summed E-state index contributed by atoms with van der Waals surface area (Å²) in [5.74, 6) is 0.184. The second-order valence-electron chi connectivity index (χ2n) is 4.94. The van der Waals surface area contributed by atoms with Crippen molar-refractivity contribution in [3.05, 3.63) is 68.8 Å². The number of nitrogens with one attached hydrogen (secondary N) is 1. The van der Waals surface area contributed by atoms with Crippen molar-refractivity contribution in [1.82, 2.24) is 15.2 Å². The van der Waals surface area contributed by atoms with Crippen LogP contribution in [-0.4, -0.2) is 21.1 Å². The van der Waals surface area contributed by atoms with Crippen molar-refractivity contribution in [2.75, 3.05) is 5.32 Å². The number of aromatic nitrogens is 3. The summed E-state index contributed by atoms with van der Waals surface area (Å²) in [5.41, 5.74) is 2.15. The maximum atomic E-state index is 12.0. The first-order chi connectivity index (χ1) is 11.1. The van der Waals surface area contributed by atoms with Gasteiger partial charge in [0.15, 0.2) is 0 Å². The van der Waals surface area contributed by atoms with E-state index >= 15 is 0 Å². The zero-order valence-electron chi connectivity index (χ0n) is 12.3. The summed E-state index contributed by atoms with van der Waals surface area (Å²) >= 11 is 7.23. The van der Waals surface area contributed by atoms with E-state index in [1.165, 1.54) is 11.3 Å². The molecule has 0 saturated carbocycles. The molecule has 0 aliphatic rings. The topological polar surface area (TPSA) is 67.8 Å². The van der Waals surface area contributed by atoms with Crippen LogP contribution in [0.1, 0.15) is 25.9 Å². The first kappa shape index (κ1) is 15.6. The fraction of sp³-hybridized carbons (Fsp3) is 0.125. The third-order valence-corrected chi connectivity index (χ3v) is 4.16. The number of nitrogens with zero attached hydrogens (tertiary/aromatic N) is 3. The maximum absolute atomic E-state index is 12.0. The van der Waals surface area contributed by atoms with Gasteiger partial charge in [0.25, 0.3) is 5.91 Å². The molecule has 0 bridgehead atoms. The Labute approximate surface area is 142 Å². The molecular formula is C16H13ClN4OS. The number of halogens is 1. The molecule has 2 heterocycles. The Bertz CT molecular complexity index is 832. The summed E-state index contributed by atoms with van der Waals surface area (Å²) in [4.78, 5) is 16.2. The minimum atomic E-state index is -0.300. The van der Waals surface area contributed by atoms with Gasteiger partial charge in [0.05, 0.1) is 0 Å². The number of rotatable bonds is 4. The van der Waals surface area contributed by atoms with E-state index in [0.29, 0.717) is 15.8 Å². The molecule has 23 heavy (non-hydrogen) atoms. The van der Waals surface area contributed by atoms with Crippen LogP contribution >= 0.6 is 22.9 Å². The molecule has 0 aliphatic heterocycles. The molecule has 0 aliphatic carbocycles. The molecule has 5 nitrogen and oxygen atoms in total. The molecule has 0 spiro atoms. The molecule has 3 rings (SSSR count). The lowest BCUT2D eigenvalue weighted by Gasteiger charge is -2.05. The zero-order valence-corrected chi connectivity index (χ0v) is 13.9. The minimum absolute atomic E-state index is 0.300. The van der Waals surface area contributed by atoms with Crippen molar-refractivity contribution in [2.24, 2.45) is 0 Å². The molecule has 2 aromatic heterocycles.